The van der Waals surface area contributed by atoms with E-state index in [1.54, 1.807) is 19.1 Å². The van der Waals surface area contributed by atoms with E-state index >= 15 is 0 Å². The maximum Gasteiger partial charge on any atom is 0.305 e. The molecule has 0 spiro atoms. The van der Waals surface area contributed by atoms with Gasteiger partial charge in [-0.15, -0.1) is 0 Å². The molecule has 0 saturated carbocycles. The molecule has 0 unspecified atom stereocenters. The molecule has 0 aliphatic heterocycles. The zero-order valence-electron chi connectivity index (χ0n) is 11.0. The van der Waals surface area contributed by atoms with Gasteiger partial charge in [0.05, 0.1) is 11.8 Å². The van der Waals surface area contributed by atoms with Crippen LogP contribution in [0.25, 0.3) is 0 Å². The van der Waals surface area contributed by atoms with E-state index in [-0.39, 0.29) is 12.0 Å². The molecule has 0 heterocycles. The first-order valence-electron chi connectivity index (χ1n) is 5.72. The quantitative estimate of drug-likeness (QED) is 0.554. The van der Waals surface area contributed by atoms with Crippen molar-refractivity contribution in [3.05, 3.63) is 42.0 Å². The standard InChI is InChI=1S/C12H18NO4PS/c1-9(2)16-12(10(3)13-18(14,15)19)17-11-7-5-4-6-8-11/h4-9H,1-3H3,(H3,13,14,15,19). The van der Waals surface area contributed by atoms with Crippen LogP contribution in [0, 0.1) is 0 Å². The lowest BCUT2D eigenvalue weighted by Gasteiger charge is -2.19. The number of benzene rings is 1. The fraction of sp³-hybridized carbons (Fsp3) is 0.333. The van der Waals surface area contributed by atoms with Crippen molar-refractivity contribution in [1.29, 1.82) is 0 Å². The summed E-state index contributed by atoms with van der Waals surface area (Å²) >= 11 is 4.52. The molecule has 1 aromatic rings. The van der Waals surface area contributed by atoms with Crippen LogP contribution < -0.4 is 9.82 Å². The Kier molecular flexibility index (Phi) is 5.82. The first-order chi connectivity index (χ1) is 8.78. The molecule has 0 bridgehead atoms. The highest BCUT2D eigenvalue weighted by Crippen LogP contribution is 2.31. The molecule has 106 valence electrons. The molecule has 1 aromatic carbocycles. The van der Waals surface area contributed by atoms with Gasteiger partial charge in [0.25, 0.3) is 6.64 Å². The Labute approximate surface area is 118 Å². The Balaban J connectivity index is 2.94. The normalized spacial score (nSPS) is 12.9. The summed E-state index contributed by atoms with van der Waals surface area (Å²) in [5.74, 6) is 0.752. The molecule has 0 aromatic heterocycles. The molecule has 5 nitrogen and oxygen atoms in total. The third kappa shape index (κ3) is 6.59. The number of nitrogens with one attached hydrogen (secondary N) is 1. The molecule has 1 rings (SSSR count). The monoisotopic (exact) mass is 303 g/mol. The van der Waals surface area contributed by atoms with Crippen molar-refractivity contribution >= 4 is 18.4 Å². The Morgan fingerprint density at radius 1 is 1.26 bits per heavy atom. The second kappa shape index (κ2) is 6.91. The fourth-order valence-corrected chi connectivity index (χ4v) is 2.20. The minimum atomic E-state index is -3.56. The molecule has 0 amide bonds. The van der Waals surface area contributed by atoms with Crippen LogP contribution in [0.1, 0.15) is 20.8 Å². The van der Waals surface area contributed by atoms with E-state index in [1.165, 1.54) is 0 Å². The maximum absolute atomic E-state index is 9.26. The van der Waals surface area contributed by atoms with Crippen LogP contribution in [0.5, 0.6) is 5.75 Å². The third-order valence-corrected chi connectivity index (χ3v) is 2.82. The Morgan fingerprint density at radius 2 is 1.84 bits per heavy atom. The second-order valence-corrected chi connectivity index (χ2v) is 6.99. The number of hydrogen-bond donors (Lipinski definition) is 3. The van der Waals surface area contributed by atoms with Crippen molar-refractivity contribution in [1.82, 2.24) is 5.09 Å². The van der Waals surface area contributed by atoms with E-state index in [0.717, 1.165) is 0 Å². The lowest BCUT2D eigenvalue weighted by atomic mass is 10.3. The molecular weight excluding hydrogens is 285 g/mol. The average Bonchev–Trinajstić information content (AvgIpc) is 2.26. The summed E-state index contributed by atoms with van der Waals surface area (Å²) in [7, 11) is 0. The first-order valence-corrected chi connectivity index (χ1v) is 8.43. The van der Waals surface area contributed by atoms with E-state index in [4.69, 9.17) is 9.47 Å². The molecule has 7 heteroatoms. The van der Waals surface area contributed by atoms with E-state index in [0.29, 0.717) is 11.4 Å². The molecule has 0 aliphatic carbocycles. The van der Waals surface area contributed by atoms with Crippen molar-refractivity contribution in [3.8, 4) is 5.75 Å². The van der Waals surface area contributed by atoms with Gasteiger partial charge in [-0.1, -0.05) is 18.2 Å². The highest BCUT2D eigenvalue weighted by atomic mass is 32.5. The van der Waals surface area contributed by atoms with Gasteiger partial charge in [0, 0.05) is 0 Å². The Hall–Kier alpha value is -1.07. The number of hydrogen-bond acceptors (Lipinski definition) is 3. The van der Waals surface area contributed by atoms with Crippen molar-refractivity contribution in [2.75, 3.05) is 0 Å². The SMILES string of the molecule is CC(NP(O)(O)=S)=C(Oc1ccccc1)OC(C)C. The van der Waals surface area contributed by atoms with Gasteiger partial charge in [-0.2, -0.15) is 0 Å². The van der Waals surface area contributed by atoms with E-state index in [9.17, 15) is 9.79 Å². The van der Waals surface area contributed by atoms with Gasteiger partial charge in [0.2, 0.25) is 0 Å². The zero-order valence-corrected chi connectivity index (χ0v) is 12.7. The predicted octanol–water partition coefficient (Wildman–Crippen LogP) is 2.48. The van der Waals surface area contributed by atoms with Crippen LogP contribution in [-0.4, -0.2) is 15.9 Å². The van der Waals surface area contributed by atoms with Crippen LogP contribution >= 0.6 is 6.64 Å². The van der Waals surface area contributed by atoms with Gasteiger partial charge in [0.1, 0.15) is 5.75 Å². The number of para-hydroxylation sites is 1. The summed E-state index contributed by atoms with van der Waals surface area (Å²) in [6.45, 7) is 1.73. The summed E-state index contributed by atoms with van der Waals surface area (Å²) in [5.41, 5.74) is 0.339. The molecule has 0 fully saturated rings. The molecule has 3 N–H and O–H groups in total. The number of allylic oxidation sites excluding steroid dienone is 1. The third-order valence-electron chi connectivity index (χ3n) is 1.92. The van der Waals surface area contributed by atoms with Crippen LogP contribution in [0.4, 0.5) is 0 Å². The number of ether oxygens (including phenoxy) is 2. The summed E-state index contributed by atoms with van der Waals surface area (Å²) < 4.78 is 11.1. The Morgan fingerprint density at radius 3 is 2.32 bits per heavy atom. The Bertz CT molecular complexity index is 484. The van der Waals surface area contributed by atoms with E-state index < -0.39 is 6.64 Å². The lowest BCUT2D eigenvalue weighted by Crippen LogP contribution is -2.16. The van der Waals surface area contributed by atoms with Gasteiger partial charge in [-0.25, -0.2) is 0 Å². The molecule has 0 atom stereocenters. The van der Waals surface area contributed by atoms with E-state index in [1.807, 2.05) is 32.0 Å². The highest BCUT2D eigenvalue weighted by molar-refractivity contribution is 8.08. The van der Waals surface area contributed by atoms with E-state index in [2.05, 4.69) is 16.9 Å². The van der Waals surface area contributed by atoms with Crippen LogP contribution in [0.15, 0.2) is 42.0 Å². The van der Waals surface area contributed by atoms with Gasteiger partial charge in [-0.05, 0) is 44.7 Å². The topological polar surface area (TPSA) is 71.0 Å². The molecule has 0 saturated heterocycles. The minimum Gasteiger partial charge on any atom is -0.461 e. The maximum atomic E-state index is 9.26. The van der Waals surface area contributed by atoms with Crippen LogP contribution in [0.3, 0.4) is 0 Å². The summed E-state index contributed by atoms with van der Waals surface area (Å²) in [6.07, 6.45) is -0.120. The number of rotatable bonds is 6. The molecule has 0 radical (unpaired) electrons. The van der Waals surface area contributed by atoms with Crippen molar-refractivity contribution in [2.24, 2.45) is 0 Å². The average molecular weight is 303 g/mol. The molecule has 0 aliphatic rings. The van der Waals surface area contributed by atoms with Crippen molar-refractivity contribution < 1.29 is 19.3 Å². The summed E-state index contributed by atoms with van der Waals surface area (Å²) in [5, 5.41) is 2.41. The minimum absolute atomic E-state index is 0.120. The lowest BCUT2D eigenvalue weighted by molar-refractivity contribution is 0.0587. The molecule has 19 heavy (non-hydrogen) atoms. The largest absolute Gasteiger partial charge is 0.461 e. The van der Waals surface area contributed by atoms with Crippen LogP contribution in [-0.2, 0) is 16.5 Å². The highest BCUT2D eigenvalue weighted by Gasteiger charge is 2.14. The first kappa shape index (κ1) is 16.0. The summed E-state index contributed by atoms with van der Waals surface area (Å²) in [4.78, 5) is 18.5. The van der Waals surface area contributed by atoms with Crippen molar-refractivity contribution in [2.45, 2.75) is 26.9 Å². The van der Waals surface area contributed by atoms with Crippen LogP contribution in [0.2, 0.25) is 0 Å². The second-order valence-electron chi connectivity index (χ2n) is 4.15. The van der Waals surface area contributed by atoms with Gasteiger partial charge < -0.3 is 24.3 Å². The molecular formula is C12H18NO4PS. The van der Waals surface area contributed by atoms with Gasteiger partial charge in [-0.3, -0.25) is 0 Å². The smallest absolute Gasteiger partial charge is 0.305 e. The fourth-order valence-electron chi connectivity index (χ4n) is 1.26. The zero-order chi connectivity index (χ0) is 14.5. The predicted molar refractivity (Wildman–Crippen MR) is 77.8 cm³/mol. The van der Waals surface area contributed by atoms with Gasteiger partial charge in [0.15, 0.2) is 0 Å². The summed E-state index contributed by atoms with van der Waals surface area (Å²) in [6, 6.07) is 9.06. The van der Waals surface area contributed by atoms with Gasteiger partial charge >= 0.3 is 5.95 Å². The van der Waals surface area contributed by atoms with Crippen molar-refractivity contribution in [3.63, 3.8) is 0 Å².